The first kappa shape index (κ1) is 24.0. The Bertz CT molecular complexity index is 1540. The lowest BCUT2D eigenvalue weighted by molar-refractivity contribution is 0.313. The van der Waals surface area contributed by atoms with Crippen LogP contribution in [0.15, 0.2) is 81.1 Å². The second-order valence-electron chi connectivity index (χ2n) is 9.06. The van der Waals surface area contributed by atoms with Crippen molar-refractivity contribution >= 4 is 15.5 Å². The molecular weight excluding hydrogens is 478 g/mol. The average molecular weight is 506 g/mol. The van der Waals surface area contributed by atoms with Crippen molar-refractivity contribution in [2.75, 3.05) is 44.4 Å². The number of benzene rings is 2. The van der Waals surface area contributed by atoms with Gasteiger partial charge >= 0.3 is 0 Å². The van der Waals surface area contributed by atoms with E-state index in [0.717, 1.165) is 43.7 Å². The van der Waals surface area contributed by atoms with Gasteiger partial charge in [0, 0.05) is 61.5 Å². The molecule has 1 aliphatic heterocycles. The Morgan fingerprint density at radius 3 is 2.39 bits per heavy atom. The second-order valence-corrected chi connectivity index (χ2v) is 11.1. The topological polar surface area (TPSA) is 102 Å². The maximum absolute atomic E-state index is 12.6. The summed E-state index contributed by atoms with van der Waals surface area (Å²) >= 11 is 0. The molecule has 10 heteroatoms. The molecule has 1 fully saturated rings. The molecule has 186 valence electrons. The molecule has 0 N–H and O–H groups in total. The third kappa shape index (κ3) is 5.24. The molecule has 0 aliphatic carbocycles. The Labute approximate surface area is 209 Å². The van der Waals surface area contributed by atoms with Crippen LogP contribution in [0.2, 0.25) is 0 Å². The predicted molar refractivity (Wildman–Crippen MR) is 138 cm³/mol. The van der Waals surface area contributed by atoms with Crippen LogP contribution in [0.5, 0.6) is 0 Å². The molecule has 1 saturated heterocycles. The predicted octanol–water partition coefficient (Wildman–Crippen LogP) is 2.77. The van der Waals surface area contributed by atoms with Crippen LogP contribution in [0.3, 0.4) is 0 Å². The van der Waals surface area contributed by atoms with Crippen molar-refractivity contribution < 1.29 is 12.9 Å². The van der Waals surface area contributed by atoms with Crippen LogP contribution < -0.4 is 10.5 Å². The van der Waals surface area contributed by atoms with Gasteiger partial charge in [-0.05, 0) is 55.1 Å². The van der Waals surface area contributed by atoms with Crippen LogP contribution in [-0.4, -0.2) is 67.5 Å². The lowest BCUT2D eigenvalue weighted by Gasteiger charge is -2.34. The molecule has 4 aromatic rings. The van der Waals surface area contributed by atoms with Gasteiger partial charge in [-0.1, -0.05) is 17.3 Å². The van der Waals surface area contributed by atoms with Crippen molar-refractivity contribution in [3.05, 3.63) is 82.8 Å². The molecule has 5 rings (SSSR count). The van der Waals surface area contributed by atoms with Gasteiger partial charge in [0.25, 0.3) is 11.4 Å². The number of piperazine rings is 1. The minimum Gasteiger partial charge on any atom is -0.369 e. The largest absolute Gasteiger partial charge is 0.369 e. The zero-order valence-corrected chi connectivity index (χ0v) is 21.0. The fourth-order valence-electron chi connectivity index (χ4n) is 4.20. The van der Waals surface area contributed by atoms with Crippen LogP contribution in [0.25, 0.3) is 22.8 Å². The minimum atomic E-state index is -3.29. The molecule has 9 nitrogen and oxygen atoms in total. The van der Waals surface area contributed by atoms with Crippen molar-refractivity contribution in [1.82, 2.24) is 19.6 Å². The Hall–Kier alpha value is -3.76. The van der Waals surface area contributed by atoms with E-state index >= 15 is 0 Å². The number of hydrogen-bond acceptors (Lipinski definition) is 8. The van der Waals surface area contributed by atoms with E-state index in [1.54, 1.807) is 29.0 Å². The van der Waals surface area contributed by atoms with Crippen LogP contribution >= 0.6 is 0 Å². The standard InChI is InChI=1S/C26H27N5O4S/c1-29-12-14-30(15-13-29)22-5-3-4-19(16-22)17-31-18-21(8-11-24(31)32)25-27-26(35-28-25)20-6-9-23(10-7-20)36(2,33)34/h3-11,16,18H,12-15,17H2,1-2H3. The summed E-state index contributed by atoms with van der Waals surface area (Å²) in [6.45, 7) is 4.44. The number of pyridine rings is 1. The van der Waals surface area contributed by atoms with Crippen molar-refractivity contribution in [3.63, 3.8) is 0 Å². The zero-order chi connectivity index (χ0) is 25.3. The second kappa shape index (κ2) is 9.71. The van der Waals surface area contributed by atoms with E-state index in [9.17, 15) is 13.2 Å². The van der Waals surface area contributed by atoms with Gasteiger partial charge in [-0.25, -0.2) is 8.42 Å². The summed E-state index contributed by atoms with van der Waals surface area (Å²) in [6, 6.07) is 17.7. The summed E-state index contributed by atoms with van der Waals surface area (Å²) in [5.74, 6) is 0.611. The first-order valence-electron chi connectivity index (χ1n) is 11.6. The van der Waals surface area contributed by atoms with Gasteiger partial charge in [0.1, 0.15) is 0 Å². The zero-order valence-electron chi connectivity index (χ0n) is 20.2. The fraction of sp³-hybridized carbons (Fsp3) is 0.269. The van der Waals surface area contributed by atoms with E-state index in [2.05, 4.69) is 39.1 Å². The average Bonchev–Trinajstić information content (AvgIpc) is 3.36. The summed E-state index contributed by atoms with van der Waals surface area (Å²) in [6.07, 6.45) is 2.89. The molecule has 0 bridgehead atoms. The quantitative estimate of drug-likeness (QED) is 0.394. The van der Waals surface area contributed by atoms with Gasteiger partial charge in [0.05, 0.1) is 11.4 Å². The summed E-state index contributed by atoms with van der Waals surface area (Å²) in [5, 5.41) is 4.06. The van der Waals surface area contributed by atoms with Crippen molar-refractivity contribution in [2.24, 2.45) is 0 Å². The maximum Gasteiger partial charge on any atom is 0.258 e. The monoisotopic (exact) mass is 505 g/mol. The molecule has 36 heavy (non-hydrogen) atoms. The molecule has 0 radical (unpaired) electrons. The highest BCUT2D eigenvalue weighted by atomic mass is 32.2. The summed E-state index contributed by atoms with van der Waals surface area (Å²) in [4.78, 5) is 22.0. The first-order valence-corrected chi connectivity index (χ1v) is 13.5. The van der Waals surface area contributed by atoms with Gasteiger partial charge in [0.2, 0.25) is 5.82 Å². The molecule has 0 unspecified atom stereocenters. The number of hydrogen-bond donors (Lipinski definition) is 0. The van der Waals surface area contributed by atoms with Crippen molar-refractivity contribution in [1.29, 1.82) is 0 Å². The van der Waals surface area contributed by atoms with E-state index in [1.807, 2.05) is 12.1 Å². The van der Waals surface area contributed by atoms with Crippen LogP contribution in [-0.2, 0) is 16.4 Å². The first-order chi connectivity index (χ1) is 17.3. The lowest BCUT2D eigenvalue weighted by Crippen LogP contribution is -2.44. The molecule has 3 heterocycles. The number of aromatic nitrogens is 3. The van der Waals surface area contributed by atoms with E-state index in [1.165, 1.54) is 18.2 Å². The van der Waals surface area contributed by atoms with Gasteiger partial charge in [-0.15, -0.1) is 0 Å². The van der Waals surface area contributed by atoms with Crippen molar-refractivity contribution in [2.45, 2.75) is 11.4 Å². The summed E-state index contributed by atoms with van der Waals surface area (Å²) < 4.78 is 30.4. The van der Waals surface area contributed by atoms with Crippen molar-refractivity contribution in [3.8, 4) is 22.8 Å². The van der Waals surface area contributed by atoms with Crippen LogP contribution in [0.1, 0.15) is 5.56 Å². The highest BCUT2D eigenvalue weighted by molar-refractivity contribution is 7.90. The molecule has 0 amide bonds. The third-order valence-corrected chi connectivity index (χ3v) is 7.46. The van der Waals surface area contributed by atoms with E-state index < -0.39 is 9.84 Å². The highest BCUT2D eigenvalue weighted by Crippen LogP contribution is 2.24. The number of anilines is 1. The number of nitrogens with zero attached hydrogens (tertiary/aromatic N) is 5. The van der Waals surface area contributed by atoms with E-state index in [0.29, 0.717) is 23.5 Å². The molecule has 2 aromatic carbocycles. The Kier molecular flexibility index (Phi) is 6.46. The third-order valence-electron chi connectivity index (χ3n) is 6.33. The fourth-order valence-corrected chi connectivity index (χ4v) is 4.83. The smallest absolute Gasteiger partial charge is 0.258 e. The molecule has 0 saturated carbocycles. The normalized spacial score (nSPS) is 14.8. The van der Waals surface area contributed by atoms with E-state index in [-0.39, 0.29) is 16.3 Å². The van der Waals surface area contributed by atoms with Gasteiger partial charge < -0.3 is 18.9 Å². The summed E-state index contributed by atoms with van der Waals surface area (Å²) in [7, 11) is -1.16. The SMILES string of the molecule is CN1CCN(c2cccc(Cn3cc(-c4noc(-c5ccc(S(C)(=O)=O)cc5)n4)ccc3=O)c2)CC1. The molecule has 0 spiro atoms. The van der Waals surface area contributed by atoms with Gasteiger partial charge in [0.15, 0.2) is 9.84 Å². The number of likely N-dealkylation sites (N-methyl/N-ethyl adjacent to an activating group) is 1. The highest BCUT2D eigenvalue weighted by Gasteiger charge is 2.16. The van der Waals surface area contributed by atoms with Gasteiger partial charge in [-0.2, -0.15) is 4.98 Å². The Morgan fingerprint density at radius 2 is 1.67 bits per heavy atom. The lowest BCUT2D eigenvalue weighted by atomic mass is 10.1. The van der Waals surface area contributed by atoms with Gasteiger partial charge in [-0.3, -0.25) is 4.79 Å². The van der Waals surface area contributed by atoms with E-state index in [4.69, 9.17) is 4.52 Å². The minimum absolute atomic E-state index is 0.121. The maximum atomic E-state index is 12.6. The molecular formula is C26H27N5O4S. The molecule has 2 aromatic heterocycles. The molecule has 0 atom stereocenters. The Balaban J connectivity index is 1.36. The molecule has 1 aliphatic rings. The van der Waals surface area contributed by atoms with Crippen LogP contribution in [0.4, 0.5) is 5.69 Å². The summed E-state index contributed by atoms with van der Waals surface area (Å²) in [5.41, 5.74) is 3.33. The number of rotatable bonds is 6. The number of sulfone groups is 1. The van der Waals surface area contributed by atoms with Crippen LogP contribution in [0, 0.1) is 0 Å². The Morgan fingerprint density at radius 1 is 0.944 bits per heavy atom.